The maximum atomic E-state index is 12.3. The van der Waals surface area contributed by atoms with Gasteiger partial charge in [0.05, 0.1) is 10.8 Å². The van der Waals surface area contributed by atoms with Gasteiger partial charge in [-0.2, -0.15) is 0 Å². The van der Waals surface area contributed by atoms with Crippen LogP contribution in [0.15, 0.2) is 41.3 Å². The van der Waals surface area contributed by atoms with Gasteiger partial charge in [-0.1, -0.05) is 6.07 Å². The van der Waals surface area contributed by atoms with E-state index in [0.29, 0.717) is 4.88 Å². The number of amides is 1. The van der Waals surface area contributed by atoms with Crippen molar-refractivity contribution in [2.45, 2.75) is 18.2 Å². The second kappa shape index (κ2) is 8.05. The van der Waals surface area contributed by atoms with Crippen LogP contribution in [-0.2, 0) is 14.3 Å². The number of thioether (sulfide) groups is 1. The molecule has 0 unspecified atom stereocenters. The van der Waals surface area contributed by atoms with Crippen molar-refractivity contribution >= 4 is 46.4 Å². The summed E-state index contributed by atoms with van der Waals surface area (Å²) in [6, 6.07) is 11.2. The van der Waals surface area contributed by atoms with E-state index in [4.69, 9.17) is 4.74 Å². The van der Waals surface area contributed by atoms with Gasteiger partial charge in [0.2, 0.25) is 11.7 Å². The lowest BCUT2D eigenvalue weighted by Gasteiger charge is -2.17. The van der Waals surface area contributed by atoms with Crippen molar-refractivity contribution < 1.29 is 19.1 Å². The van der Waals surface area contributed by atoms with E-state index < -0.39 is 11.9 Å². The van der Waals surface area contributed by atoms with E-state index in [1.54, 1.807) is 22.7 Å². The molecule has 1 amide bonds. The number of rotatable bonds is 6. The fourth-order valence-corrected chi connectivity index (χ4v) is 4.05. The number of hydrogen-bond donors (Lipinski definition) is 0. The molecule has 1 fully saturated rings. The third kappa shape index (κ3) is 4.16. The Morgan fingerprint density at radius 2 is 2.12 bits per heavy atom. The number of thiophene rings is 1. The van der Waals surface area contributed by atoms with Gasteiger partial charge in [0.1, 0.15) is 0 Å². The first kappa shape index (κ1) is 18.7. The molecule has 3 rings (SSSR count). The summed E-state index contributed by atoms with van der Waals surface area (Å²) in [4.78, 5) is 40.9. The number of anilines is 1. The molecule has 1 aliphatic rings. The molecule has 0 bridgehead atoms. The Balaban J connectivity index is 1.59. The molecule has 0 saturated carbocycles. The Bertz CT molecular complexity index is 846. The normalized spacial score (nSPS) is 16.8. The van der Waals surface area contributed by atoms with Crippen LogP contribution in [0.2, 0.25) is 0 Å². The maximum absolute atomic E-state index is 12.3. The van der Waals surface area contributed by atoms with Crippen molar-refractivity contribution in [2.24, 2.45) is 5.92 Å². The van der Waals surface area contributed by atoms with Crippen LogP contribution in [0.1, 0.15) is 21.0 Å². The van der Waals surface area contributed by atoms with Gasteiger partial charge in [0.15, 0.2) is 6.61 Å². The predicted molar refractivity (Wildman–Crippen MR) is 103 cm³/mol. The van der Waals surface area contributed by atoms with Crippen molar-refractivity contribution in [1.82, 2.24) is 0 Å². The lowest BCUT2D eigenvalue weighted by molar-refractivity contribution is -0.147. The Kier molecular flexibility index (Phi) is 5.78. The number of aryl methyl sites for hydroxylation is 1. The number of nitrogens with zero attached hydrogens (tertiary/aromatic N) is 1. The maximum Gasteiger partial charge on any atom is 0.311 e. The van der Waals surface area contributed by atoms with E-state index >= 15 is 0 Å². The van der Waals surface area contributed by atoms with E-state index in [0.717, 1.165) is 15.5 Å². The zero-order valence-corrected chi connectivity index (χ0v) is 16.2. The monoisotopic (exact) mass is 389 g/mol. The first-order chi connectivity index (χ1) is 12.5. The van der Waals surface area contributed by atoms with Crippen molar-refractivity contribution in [3.8, 4) is 0 Å². The molecule has 0 N–H and O–H groups in total. The van der Waals surface area contributed by atoms with Crippen LogP contribution >= 0.6 is 23.1 Å². The zero-order valence-electron chi connectivity index (χ0n) is 14.6. The van der Waals surface area contributed by atoms with Gasteiger partial charge in [-0.3, -0.25) is 14.4 Å². The van der Waals surface area contributed by atoms with Gasteiger partial charge in [0, 0.05) is 28.4 Å². The van der Waals surface area contributed by atoms with Crippen molar-refractivity contribution in [3.63, 3.8) is 0 Å². The molecule has 0 aliphatic carbocycles. The van der Waals surface area contributed by atoms with Gasteiger partial charge in [-0.25, -0.2) is 0 Å². The molecule has 1 saturated heterocycles. The lowest BCUT2D eigenvalue weighted by Crippen LogP contribution is -2.27. The van der Waals surface area contributed by atoms with Crippen LogP contribution in [0.25, 0.3) is 0 Å². The van der Waals surface area contributed by atoms with Crippen LogP contribution in [0, 0.1) is 12.8 Å². The lowest BCUT2D eigenvalue weighted by atomic mass is 10.1. The van der Waals surface area contributed by atoms with E-state index in [9.17, 15) is 14.4 Å². The van der Waals surface area contributed by atoms with Crippen LogP contribution in [0.3, 0.4) is 0 Å². The number of ketones is 1. The number of ether oxygens (including phenoxy) is 1. The minimum Gasteiger partial charge on any atom is -0.457 e. The SMILES string of the molecule is CSc1cccc(N2C[C@@H](C(=O)OCC(=O)c3ccc(C)s3)CC2=O)c1. The summed E-state index contributed by atoms with van der Waals surface area (Å²) in [5.41, 5.74) is 0.780. The summed E-state index contributed by atoms with van der Waals surface area (Å²) in [5, 5.41) is 0. The van der Waals surface area contributed by atoms with Crippen LogP contribution in [-0.4, -0.2) is 37.1 Å². The van der Waals surface area contributed by atoms with E-state index in [1.807, 2.05) is 43.5 Å². The highest BCUT2D eigenvalue weighted by atomic mass is 32.2. The molecular formula is C19H19NO4S2. The molecule has 0 spiro atoms. The summed E-state index contributed by atoms with van der Waals surface area (Å²) >= 11 is 2.97. The van der Waals surface area contributed by atoms with Gasteiger partial charge in [-0.15, -0.1) is 23.1 Å². The standard InChI is InChI=1S/C19H19NO4S2/c1-12-6-7-17(26-12)16(21)11-24-19(23)13-8-18(22)20(10-13)14-4-3-5-15(9-14)25-2/h3-7,9,13H,8,10-11H2,1-2H3/t13-/m0/s1. The largest absolute Gasteiger partial charge is 0.457 e. The molecule has 5 nitrogen and oxygen atoms in total. The number of esters is 1. The van der Waals surface area contributed by atoms with Crippen molar-refractivity contribution in [1.29, 1.82) is 0 Å². The number of benzene rings is 1. The molecule has 1 aromatic carbocycles. The summed E-state index contributed by atoms with van der Waals surface area (Å²) in [5.74, 6) is -1.36. The van der Waals surface area contributed by atoms with Crippen molar-refractivity contribution in [3.05, 3.63) is 46.2 Å². The average molecular weight is 389 g/mol. The first-order valence-electron chi connectivity index (χ1n) is 8.18. The highest BCUT2D eigenvalue weighted by Crippen LogP contribution is 2.28. The number of hydrogen-bond acceptors (Lipinski definition) is 6. The molecule has 1 atom stereocenters. The van der Waals surface area contributed by atoms with Gasteiger partial charge >= 0.3 is 5.97 Å². The van der Waals surface area contributed by atoms with Gasteiger partial charge in [-0.05, 0) is 43.5 Å². The molecule has 1 aliphatic heterocycles. The summed E-state index contributed by atoms with van der Waals surface area (Å²) in [6.45, 7) is 1.91. The van der Waals surface area contributed by atoms with Crippen molar-refractivity contribution in [2.75, 3.05) is 24.3 Å². The van der Waals surface area contributed by atoms with Gasteiger partial charge < -0.3 is 9.64 Å². The first-order valence-corrected chi connectivity index (χ1v) is 10.2. The molecule has 2 aromatic rings. The number of carbonyl (C=O) groups excluding carboxylic acids is 3. The highest BCUT2D eigenvalue weighted by molar-refractivity contribution is 7.98. The minimum absolute atomic E-state index is 0.106. The highest BCUT2D eigenvalue weighted by Gasteiger charge is 2.36. The Hall–Kier alpha value is -2.12. The van der Waals surface area contributed by atoms with E-state index in [1.165, 1.54) is 11.3 Å². The number of Topliss-reactive ketones (excluding diaryl/α,β-unsaturated/α-hetero) is 1. The smallest absolute Gasteiger partial charge is 0.311 e. The average Bonchev–Trinajstić information content (AvgIpc) is 3.25. The van der Waals surface area contributed by atoms with E-state index in [-0.39, 0.29) is 31.3 Å². The summed E-state index contributed by atoms with van der Waals surface area (Å²) in [7, 11) is 0. The van der Waals surface area contributed by atoms with Gasteiger partial charge in [0.25, 0.3) is 0 Å². The Labute approximate surface area is 160 Å². The van der Waals surface area contributed by atoms with Crippen LogP contribution in [0.5, 0.6) is 0 Å². The molecule has 26 heavy (non-hydrogen) atoms. The number of carbonyl (C=O) groups is 3. The summed E-state index contributed by atoms with van der Waals surface area (Å²) in [6.07, 6.45) is 2.08. The topological polar surface area (TPSA) is 63.7 Å². The van der Waals surface area contributed by atoms with Crippen LogP contribution < -0.4 is 4.90 Å². The zero-order chi connectivity index (χ0) is 18.7. The fraction of sp³-hybridized carbons (Fsp3) is 0.316. The van der Waals surface area contributed by atoms with E-state index in [2.05, 4.69) is 0 Å². The molecule has 1 aromatic heterocycles. The fourth-order valence-electron chi connectivity index (χ4n) is 2.80. The quantitative estimate of drug-likeness (QED) is 0.429. The predicted octanol–water partition coefficient (Wildman–Crippen LogP) is 3.56. The van der Waals surface area contributed by atoms with Crippen LogP contribution in [0.4, 0.5) is 5.69 Å². The second-order valence-corrected chi connectivity index (χ2v) is 8.22. The molecule has 136 valence electrons. The summed E-state index contributed by atoms with van der Waals surface area (Å²) < 4.78 is 5.16. The second-order valence-electron chi connectivity index (χ2n) is 6.05. The molecular weight excluding hydrogens is 370 g/mol. The molecule has 0 radical (unpaired) electrons. The third-order valence-corrected chi connectivity index (χ3v) is 5.95. The Morgan fingerprint density at radius 3 is 2.81 bits per heavy atom. The molecule has 7 heteroatoms. The molecule has 2 heterocycles. The third-order valence-electron chi connectivity index (χ3n) is 4.18. The Morgan fingerprint density at radius 1 is 1.31 bits per heavy atom. The minimum atomic E-state index is -0.543.